The maximum absolute atomic E-state index is 10.5. The van der Waals surface area contributed by atoms with Gasteiger partial charge in [-0.25, -0.2) is 0 Å². The van der Waals surface area contributed by atoms with Gasteiger partial charge in [0.25, 0.3) is 5.69 Å². The van der Waals surface area contributed by atoms with Crippen LogP contribution in [-0.2, 0) is 0 Å². The molecule has 0 aromatic heterocycles. The fraction of sp³-hybridized carbons (Fsp3) is 0.417. The number of nitriles is 1. The molecule has 0 N–H and O–H groups in total. The molecule has 0 spiro atoms. The number of nitrogens with zero attached hydrogens (tertiary/aromatic N) is 3. The van der Waals surface area contributed by atoms with E-state index in [1.807, 2.05) is 4.90 Å². The Bertz CT molecular complexity index is 450. The molecule has 0 saturated carbocycles. The molecule has 2 rings (SSSR count). The predicted octanol–water partition coefficient (Wildman–Crippen LogP) is 2.48. The molecule has 1 aromatic carbocycles. The van der Waals surface area contributed by atoms with Crippen LogP contribution in [0.2, 0.25) is 0 Å². The van der Waals surface area contributed by atoms with Crippen molar-refractivity contribution in [2.24, 2.45) is 0 Å². The molecule has 1 atom stereocenters. The first-order valence-corrected chi connectivity index (χ1v) is 5.63. The van der Waals surface area contributed by atoms with Crippen LogP contribution in [0.3, 0.4) is 0 Å². The van der Waals surface area contributed by atoms with E-state index in [-0.39, 0.29) is 11.7 Å². The zero-order valence-electron chi connectivity index (χ0n) is 9.37. The van der Waals surface area contributed by atoms with Crippen LogP contribution >= 0.6 is 0 Å². The number of anilines is 1. The van der Waals surface area contributed by atoms with Gasteiger partial charge in [0.2, 0.25) is 0 Å². The molecule has 1 aliphatic heterocycles. The summed E-state index contributed by atoms with van der Waals surface area (Å²) in [6.07, 6.45) is 3.00. The van der Waals surface area contributed by atoms with Crippen molar-refractivity contribution in [1.82, 2.24) is 0 Å². The lowest BCUT2D eigenvalue weighted by Gasteiger charge is -2.33. The monoisotopic (exact) mass is 231 g/mol. The predicted molar refractivity (Wildman–Crippen MR) is 63.7 cm³/mol. The van der Waals surface area contributed by atoms with E-state index in [0.717, 1.165) is 31.5 Å². The third kappa shape index (κ3) is 2.36. The molecule has 0 bridgehead atoms. The zero-order valence-corrected chi connectivity index (χ0v) is 9.37. The van der Waals surface area contributed by atoms with Crippen LogP contribution in [0.15, 0.2) is 24.3 Å². The van der Waals surface area contributed by atoms with Gasteiger partial charge in [0, 0.05) is 24.4 Å². The molecule has 1 aromatic rings. The minimum Gasteiger partial charge on any atom is -0.356 e. The van der Waals surface area contributed by atoms with Crippen molar-refractivity contribution in [2.75, 3.05) is 11.4 Å². The van der Waals surface area contributed by atoms with E-state index in [4.69, 9.17) is 5.26 Å². The maximum Gasteiger partial charge on any atom is 0.269 e. The van der Waals surface area contributed by atoms with Crippen molar-refractivity contribution in [3.8, 4) is 6.07 Å². The highest BCUT2D eigenvalue weighted by molar-refractivity contribution is 5.52. The number of benzene rings is 1. The summed E-state index contributed by atoms with van der Waals surface area (Å²) >= 11 is 0. The Balaban J connectivity index is 2.21. The van der Waals surface area contributed by atoms with Gasteiger partial charge >= 0.3 is 0 Å². The normalized spacial score (nSPS) is 19.7. The third-order valence-corrected chi connectivity index (χ3v) is 3.04. The minimum atomic E-state index is -0.415. The van der Waals surface area contributed by atoms with E-state index in [1.54, 1.807) is 12.1 Å². The molecule has 0 aliphatic carbocycles. The second-order valence-corrected chi connectivity index (χ2v) is 4.11. The number of hydrogen-bond acceptors (Lipinski definition) is 4. The van der Waals surface area contributed by atoms with E-state index in [0.29, 0.717) is 0 Å². The van der Waals surface area contributed by atoms with Gasteiger partial charge in [0.05, 0.1) is 11.0 Å². The number of hydrogen-bond donors (Lipinski definition) is 0. The third-order valence-electron chi connectivity index (χ3n) is 3.04. The van der Waals surface area contributed by atoms with Crippen LogP contribution in [0.25, 0.3) is 0 Å². The van der Waals surface area contributed by atoms with E-state index in [9.17, 15) is 10.1 Å². The van der Waals surface area contributed by atoms with E-state index in [2.05, 4.69) is 6.07 Å². The summed E-state index contributed by atoms with van der Waals surface area (Å²) in [6.45, 7) is 0.843. The number of nitro groups is 1. The smallest absolute Gasteiger partial charge is 0.269 e. The van der Waals surface area contributed by atoms with Crippen molar-refractivity contribution in [3.63, 3.8) is 0 Å². The van der Waals surface area contributed by atoms with Gasteiger partial charge in [0.15, 0.2) is 0 Å². The van der Waals surface area contributed by atoms with Gasteiger partial charge in [-0.2, -0.15) is 5.26 Å². The SMILES string of the molecule is N#CC1CCCCN1c1ccc([N+](=O)[O-])cc1. The molecule has 0 radical (unpaired) electrons. The fourth-order valence-electron chi connectivity index (χ4n) is 2.14. The molecule has 1 saturated heterocycles. The summed E-state index contributed by atoms with van der Waals surface area (Å²) < 4.78 is 0. The standard InChI is InChI=1S/C12H13N3O2/c13-9-12-3-1-2-8-14(12)10-4-6-11(7-5-10)15(16)17/h4-7,12H,1-3,8H2. The Hall–Kier alpha value is -2.09. The highest BCUT2D eigenvalue weighted by Gasteiger charge is 2.22. The van der Waals surface area contributed by atoms with Crippen molar-refractivity contribution in [2.45, 2.75) is 25.3 Å². The van der Waals surface area contributed by atoms with Crippen LogP contribution in [-0.4, -0.2) is 17.5 Å². The van der Waals surface area contributed by atoms with Crippen LogP contribution in [0.5, 0.6) is 0 Å². The topological polar surface area (TPSA) is 70.2 Å². The van der Waals surface area contributed by atoms with Gasteiger partial charge in [-0.1, -0.05) is 0 Å². The molecule has 88 valence electrons. The molecule has 0 amide bonds. The van der Waals surface area contributed by atoms with Crippen LogP contribution in [0, 0.1) is 21.4 Å². The van der Waals surface area contributed by atoms with Crippen molar-refractivity contribution >= 4 is 11.4 Å². The first-order chi connectivity index (χ1) is 8.22. The van der Waals surface area contributed by atoms with E-state index in [1.165, 1.54) is 12.1 Å². The molecular weight excluding hydrogens is 218 g/mol. The summed E-state index contributed by atoms with van der Waals surface area (Å²) in [4.78, 5) is 12.2. The molecular formula is C12H13N3O2. The first kappa shape index (κ1) is 11.4. The highest BCUT2D eigenvalue weighted by Crippen LogP contribution is 2.26. The van der Waals surface area contributed by atoms with E-state index < -0.39 is 4.92 Å². The summed E-state index contributed by atoms with van der Waals surface area (Å²) in [7, 11) is 0. The number of non-ortho nitro benzene ring substituents is 1. The molecule has 1 fully saturated rings. The molecule has 17 heavy (non-hydrogen) atoms. The quantitative estimate of drug-likeness (QED) is 0.579. The van der Waals surface area contributed by atoms with Crippen LogP contribution in [0.4, 0.5) is 11.4 Å². The van der Waals surface area contributed by atoms with E-state index >= 15 is 0 Å². The second kappa shape index (κ2) is 4.83. The lowest BCUT2D eigenvalue weighted by Crippen LogP contribution is -2.38. The molecule has 5 heteroatoms. The zero-order chi connectivity index (χ0) is 12.3. The van der Waals surface area contributed by atoms with Crippen molar-refractivity contribution in [1.29, 1.82) is 5.26 Å². The van der Waals surface area contributed by atoms with Gasteiger partial charge in [0.1, 0.15) is 6.04 Å². The van der Waals surface area contributed by atoms with Crippen molar-refractivity contribution in [3.05, 3.63) is 34.4 Å². The molecule has 5 nitrogen and oxygen atoms in total. The minimum absolute atomic E-state index is 0.0827. The molecule has 1 aliphatic rings. The average Bonchev–Trinajstić information content (AvgIpc) is 2.39. The molecule has 1 unspecified atom stereocenters. The molecule has 1 heterocycles. The summed E-state index contributed by atoms with van der Waals surface area (Å²) in [6, 6.07) is 8.58. The lowest BCUT2D eigenvalue weighted by molar-refractivity contribution is -0.384. The lowest BCUT2D eigenvalue weighted by atomic mass is 10.0. The van der Waals surface area contributed by atoms with Gasteiger partial charge < -0.3 is 4.90 Å². The largest absolute Gasteiger partial charge is 0.356 e. The van der Waals surface area contributed by atoms with Crippen molar-refractivity contribution < 1.29 is 4.92 Å². The Labute approximate surface area is 99.4 Å². The number of nitro benzene ring substituents is 1. The Morgan fingerprint density at radius 3 is 2.65 bits per heavy atom. The second-order valence-electron chi connectivity index (χ2n) is 4.11. The Morgan fingerprint density at radius 2 is 2.06 bits per heavy atom. The van der Waals surface area contributed by atoms with Crippen LogP contribution in [0.1, 0.15) is 19.3 Å². The Morgan fingerprint density at radius 1 is 1.35 bits per heavy atom. The Kier molecular flexibility index (Phi) is 3.24. The van der Waals surface area contributed by atoms with Gasteiger partial charge in [-0.15, -0.1) is 0 Å². The fourth-order valence-corrected chi connectivity index (χ4v) is 2.14. The number of piperidine rings is 1. The summed E-state index contributed by atoms with van der Waals surface area (Å²) in [5, 5.41) is 19.6. The highest BCUT2D eigenvalue weighted by atomic mass is 16.6. The maximum atomic E-state index is 10.5. The average molecular weight is 231 g/mol. The van der Waals surface area contributed by atoms with Gasteiger partial charge in [-0.3, -0.25) is 10.1 Å². The first-order valence-electron chi connectivity index (χ1n) is 5.63. The van der Waals surface area contributed by atoms with Gasteiger partial charge in [-0.05, 0) is 31.4 Å². The van der Waals surface area contributed by atoms with Crippen LogP contribution < -0.4 is 4.90 Å². The summed E-state index contributed by atoms with van der Waals surface area (Å²) in [5.74, 6) is 0. The summed E-state index contributed by atoms with van der Waals surface area (Å²) in [5.41, 5.74) is 0.973. The number of rotatable bonds is 2.